The quantitative estimate of drug-likeness (QED) is 0.664. The summed E-state index contributed by atoms with van der Waals surface area (Å²) in [6, 6.07) is 6.01. The topological polar surface area (TPSA) is 47.6 Å². The maximum atomic E-state index is 13.0. The van der Waals surface area contributed by atoms with E-state index in [0.717, 1.165) is 12.1 Å². The molecule has 0 amide bonds. The third kappa shape index (κ3) is 5.05. The van der Waals surface area contributed by atoms with E-state index in [1.54, 1.807) is 0 Å². The summed E-state index contributed by atoms with van der Waals surface area (Å²) in [5, 5.41) is 18.1. The Kier molecular flexibility index (Phi) is 5.68. The fraction of sp³-hybridized carbons (Fsp3) is 0.467. The summed E-state index contributed by atoms with van der Waals surface area (Å²) < 4.78 is 99.9. The average Bonchev–Trinajstić information content (AvgIpc) is 2.50. The molecule has 1 aromatic rings. The Hall–Kier alpha value is -2.36. The lowest BCUT2D eigenvalue weighted by molar-refractivity contribution is -0.285. The highest BCUT2D eigenvalue weighted by Gasteiger charge is 2.57. The molecule has 2 nitrogen and oxygen atoms in total. The molecular weight excluding hydrogens is 360 g/mol. The number of nitrogens with zero attached hydrogens (tertiary/aromatic N) is 2. The van der Waals surface area contributed by atoms with Crippen LogP contribution < -0.4 is 0 Å². The molecule has 0 radical (unpaired) electrons. The van der Waals surface area contributed by atoms with Crippen molar-refractivity contribution >= 4 is 0 Å². The van der Waals surface area contributed by atoms with Gasteiger partial charge < -0.3 is 0 Å². The highest BCUT2D eigenvalue weighted by atomic mass is 19.4. The molecule has 0 atom stereocenters. The molecule has 0 heterocycles. The number of rotatable bonds is 5. The molecule has 136 valence electrons. The first-order chi connectivity index (χ1) is 11.3. The number of halogens is 8. The molecule has 10 heteroatoms. The van der Waals surface area contributed by atoms with E-state index in [-0.39, 0.29) is 5.56 Å². The van der Waals surface area contributed by atoms with Gasteiger partial charge in [0.1, 0.15) is 5.41 Å². The van der Waals surface area contributed by atoms with Gasteiger partial charge in [-0.1, -0.05) is 12.1 Å². The summed E-state index contributed by atoms with van der Waals surface area (Å²) >= 11 is 0. The van der Waals surface area contributed by atoms with Crippen molar-refractivity contribution in [2.75, 3.05) is 0 Å². The lowest BCUT2D eigenvalue weighted by atomic mass is 9.79. The van der Waals surface area contributed by atoms with Crippen molar-refractivity contribution < 1.29 is 35.1 Å². The molecule has 25 heavy (non-hydrogen) atoms. The number of nitriles is 2. The minimum Gasteiger partial charge on any atom is -0.197 e. The zero-order chi connectivity index (χ0) is 19.5. The molecule has 0 aromatic heterocycles. The molecule has 0 aliphatic carbocycles. The van der Waals surface area contributed by atoms with E-state index in [4.69, 9.17) is 10.5 Å². The Morgan fingerprint density at radius 3 is 1.60 bits per heavy atom. The molecule has 0 fully saturated rings. The van der Waals surface area contributed by atoms with Crippen LogP contribution in [-0.4, -0.2) is 12.1 Å². The van der Waals surface area contributed by atoms with E-state index < -0.39 is 48.5 Å². The highest BCUT2D eigenvalue weighted by Crippen LogP contribution is 2.42. The van der Waals surface area contributed by atoms with Gasteiger partial charge in [-0.3, -0.25) is 0 Å². The Morgan fingerprint density at radius 1 is 0.760 bits per heavy atom. The minimum atomic E-state index is -5.82. The van der Waals surface area contributed by atoms with Crippen molar-refractivity contribution in [3.05, 3.63) is 35.4 Å². The number of hydrogen-bond donors (Lipinski definition) is 0. The van der Waals surface area contributed by atoms with E-state index in [1.165, 1.54) is 12.1 Å². The second kappa shape index (κ2) is 6.87. The van der Waals surface area contributed by atoms with Gasteiger partial charge in [0.15, 0.2) is 0 Å². The van der Waals surface area contributed by atoms with Crippen molar-refractivity contribution in [3.63, 3.8) is 0 Å². The van der Waals surface area contributed by atoms with Crippen molar-refractivity contribution in [2.45, 2.75) is 37.5 Å². The fourth-order valence-corrected chi connectivity index (χ4v) is 1.98. The van der Waals surface area contributed by atoms with Crippen LogP contribution in [0.25, 0.3) is 0 Å². The largest absolute Gasteiger partial charge is 0.453 e. The molecule has 0 spiro atoms. The summed E-state index contributed by atoms with van der Waals surface area (Å²) in [6.07, 6.45) is -13.9. The number of hydrogen-bond acceptors (Lipinski definition) is 2. The SMILES string of the molecule is N#CC(C#N)(CCC(F)(F)C(F)(F)F)Cc1ccc(C(F)(F)F)cc1. The second-order valence-corrected chi connectivity index (χ2v) is 5.38. The summed E-state index contributed by atoms with van der Waals surface area (Å²) in [5.41, 5.74) is -3.18. The average molecular weight is 370 g/mol. The molecular formula is C15H10F8N2. The summed E-state index contributed by atoms with van der Waals surface area (Å²) in [7, 11) is 0. The lowest BCUT2D eigenvalue weighted by Crippen LogP contribution is -2.38. The van der Waals surface area contributed by atoms with Crippen LogP contribution in [0, 0.1) is 28.1 Å². The Morgan fingerprint density at radius 2 is 1.24 bits per heavy atom. The third-order valence-corrected chi connectivity index (χ3v) is 3.50. The molecule has 0 N–H and O–H groups in total. The van der Waals surface area contributed by atoms with Crippen molar-refractivity contribution in [1.29, 1.82) is 10.5 Å². The highest BCUT2D eigenvalue weighted by molar-refractivity contribution is 5.29. The molecule has 0 bridgehead atoms. The van der Waals surface area contributed by atoms with Gasteiger partial charge in [-0.15, -0.1) is 0 Å². The van der Waals surface area contributed by atoms with Gasteiger partial charge in [-0.2, -0.15) is 45.6 Å². The van der Waals surface area contributed by atoms with Crippen LogP contribution in [0.5, 0.6) is 0 Å². The minimum absolute atomic E-state index is 0.0337. The second-order valence-electron chi connectivity index (χ2n) is 5.38. The van der Waals surface area contributed by atoms with E-state index >= 15 is 0 Å². The summed E-state index contributed by atoms with van der Waals surface area (Å²) in [4.78, 5) is 0. The van der Waals surface area contributed by atoms with Gasteiger partial charge in [0.25, 0.3) is 0 Å². The van der Waals surface area contributed by atoms with Gasteiger partial charge in [-0.05, 0) is 24.1 Å². The van der Waals surface area contributed by atoms with Crippen LogP contribution in [0.4, 0.5) is 35.1 Å². The van der Waals surface area contributed by atoms with Crippen LogP contribution >= 0.6 is 0 Å². The van der Waals surface area contributed by atoms with Gasteiger partial charge in [0.2, 0.25) is 0 Å². The first-order valence-corrected chi connectivity index (χ1v) is 6.69. The molecule has 0 aliphatic heterocycles. The van der Waals surface area contributed by atoms with Crippen LogP contribution in [0.15, 0.2) is 24.3 Å². The van der Waals surface area contributed by atoms with Crippen molar-refractivity contribution in [1.82, 2.24) is 0 Å². The molecule has 0 unspecified atom stereocenters. The zero-order valence-corrected chi connectivity index (χ0v) is 12.3. The van der Waals surface area contributed by atoms with E-state index in [0.29, 0.717) is 12.1 Å². The molecule has 0 aliphatic rings. The Balaban J connectivity index is 2.97. The van der Waals surface area contributed by atoms with Gasteiger partial charge >= 0.3 is 18.3 Å². The van der Waals surface area contributed by atoms with Crippen molar-refractivity contribution in [2.24, 2.45) is 5.41 Å². The Bertz CT molecular complexity index is 660. The normalized spacial score (nSPS) is 13.2. The van der Waals surface area contributed by atoms with Crippen LogP contribution in [0.2, 0.25) is 0 Å². The van der Waals surface area contributed by atoms with E-state index in [2.05, 4.69) is 0 Å². The summed E-state index contributed by atoms with van der Waals surface area (Å²) in [5.74, 6) is -5.08. The first-order valence-electron chi connectivity index (χ1n) is 6.69. The van der Waals surface area contributed by atoms with Crippen molar-refractivity contribution in [3.8, 4) is 12.1 Å². The van der Waals surface area contributed by atoms with Gasteiger partial charge in [-0.25, -0.2) is 0 Å². The predicted octanol–water partition coefficient (Wildman–Crippen LogP) is 5.26. The van der Waals surface area contributed by atoms with Gasteiger partial charge in [0, 0.05) is 12.8 Å². The summed E-state index contributed by atoms with van der Waals surface area (Å²) in [6.45, 7) is 0. The smallest absolute Gasteiger partial charge is 0.197 e. The molecule has 1 rings (SSSR count). The maximum absolute atomic E-state index is 13.0. The standard InChI is InChI=1S/C15H10F8N2/c16-13(17,15(21,22)23)6-5-12(8-24,9-25)7-10-1-3-11(4-2-10)14(18,19)20/h1-4H,5-7H2. The third-order valence-electron chi connectivity index (χ3n) is 3.50. The first kappa shape index (κ1) is 20.7. The number of alkyl halides is 8. The zero-order valence-electron chi connectivity index (χ0n) is 12.3. The molecule has 1 aromatic carbocycles. The van der Waals surface area contributed by atoms with Gasteiger partial charge in [0.05, 0.1) is 17.7 Å². The monoisotopic (exact) mass is 370 g/mol. The van der Waals surface area contributed by atoms with Crippen LogP contribution in [0.3, 0.4) is 0 Å². The van der Waals surface area contributed by atoms with Crippen LogP contribution in [-0.2, 0) is 12.6 Å². The lowest BCUT2D eigenvalue weighted by Gasteiger charge is -2.24. The molecule has 0 saturated carbocycles. The maximum Gasteiger partial charge on any atom is 0.453 e. The fourth-order valence-electron chi connectivity index (χ4n) is 1.98. The van der Waals surface area contributed by atoms with E-state index in [9.17, 15) is 35.1 Å². The predicted molar refractivity (Wildman–Crippen MR) is 69.0 cm³/mol. The van der Waals surface area contributed by atoms with Crippen LogP contribution in [0.1, 0.15) is 24.0 Å². The number of benzene rings is 1. The Labute approximate surface area is 137 Å². The molecule has 0 saturated heterocycles. The van der Waals surface area contributed by atoms with E-state index in [1.807, 2.05) is 0 Å².